The second kappa shape index (κ2) is 6.46. The summed E-state index contributed by atoms with van der Waals surface area (Å²) in [5.41, 5.74) is 1.50. The zero-order valence-corrected chi connectivity index (χ0v) is 12.7. The van der Waals surface area contributed by atoms with Gasteiger partial charge in [0.15, 0.2) is 5.78 Å². The molecule has 0 aliphatic carbocycles. The van der Waals surface area contributed by atoms with Crippen LogP contribution in [0.4, 0.5) is 0 Å². The lowest BCUT2D eigenvalue weighted by Crippen LogP contribution is -1.98. The van der Waals surface area contributed by atoms with Crippen LogP contribution in [0.5, 0.6) is 5.75 Å². The van der Waals surface area contributed by atoms with Crippen LogP contribution in [0.25, 0.3) is 11.8 Å². The van der Waals surface area contributed by atoms with E-state index in [-0.39, 0.29) is 17.1 Å². The Kier molecular flexibility index (Phi) is 4.21. The van der Waals surface area contributed by atoms with Crippen molar-refractivity contribution in [3.63, 3.8) is 0 Å². The third-order valence-corrected chi connectivity index (χ3v) is 3.36. The standard InChI is InChI=1S/C17H12ClN3O2/c18-12-6-8-16(22)15(10-12)17(23)9-7-13-11-19-21(20-13)14-4-2-1-3-5-14/h1-11,22H. The highest BCUT2D eigenvalue weighted by atomic mass is 35.5. The van der Waals surface area contributed by atoms with Crippen LogP contribution >= 0.6 is 11.6 Å². The van der Waals surface area contributed by atoms with Crippen molar-refractivity contribution in [2.75, 3.05) is 0 Å². The maximum atomic E-state index is 12.1. The van der Waals surface area contributed by atoms with E-state index in [4.69, 9.17) is 11.6 Å². The molecular formula is C17H12ClN3O2. The van der Waals surface area contributed by atoms with Gasteiger partial charge in [0.2, 0.25) is 0 Å². The van der Waals surface area contributed by atoms with Crippen molar-refractivity contribution in [2.24, 2.45) is 0 Å². The molecule has 3 aromatic rings. The Hall–Kier alpha value is -2.92. The molecule has 0 bridgehead atoms. The van der Waals surface area contributed by atoms with Gasteiger partial charge in [0.05, 0.1) is 17.4 Å². The van der Waals surface area contributed by atoms with Crippen LogP contribution in [0.1, 0.15) is 16.1 Å². The maximum absolute atomic E-state index is 12.1. The Morgan fingerprint density at radius 3 is 2.74 bits per heavy atom. The number of aromatic nitrogens is 3. The van der Waals surface area contributed by atoms with Crippen LogP contribution < -0.4 is 0 Å². The fraction of sp³-hybridized carbons (Fsp3) is 0. The lowest BCUT2D eigenvalue weighted by atomic mass is 10.1. The van der Waals surface area contributed by atoms with Gasteiger partial charge in [0.25, 0.3) is 0 Å². The highest BCUT2D eigenvalue weighted by molar-refractivity contribution is 6.31. The molecule has 0 spiro atoms. The second-order valence-corrected chi connectivity index (χ2v) is 5.19. The summed E-state index contributed by atoms with van der Waals surface area (Å²) < 4.78 is 0. The summed E-state index contributed by atoms with van der Waals surface area (Å²) in [5.74, 6) is -0.476. The molecular weight excluding hydrogens is 314 g/mol. The van der Waals surface area contributed by atoms with Crippen LogP contribution in [-0.4, -0.2) is 25.9 Å². The summed E-state index contributed by atoms with van der Waals surface area (Å²) in [5, 5.41) is 18.5. The van der Waals surface area contributed by atoms with E-state index in [1.807, 2.05) is 30.3 Å². The molecule has 2 aromatic carbocycles. The molecule has 0 radical (unpaired) electrons. The van der Waals surface area contributed by atoms with E-state index in [1.165, 1.54) is 35.1 Å². The second-order valence-electron chi connectivity index (χ2n) is 4.75. The smallest absolute Gasteiger partial charge is 0.189 e. The van der Waals surface area contributed by atoms with Crippen molar-refractivity contribution < 1.29 is 9.90 Å². The van der Waals surface area contributed by atoms with Crippen LogP contribution in [-0.2, 0) is 0 Å². The number of aromatic hydroxyl groups is 1. The SMILES string of the molecule is O=C(C=Cc1cnn(-c2ccccc2)n1)c1cc(Cl)ccc1O. The van der Waals surface area contributed by atoms with E-state index in [9.17, 15) is 9.90 Å². The van der Waals surface area contributed by atoms with Gasteiger partial charge in [-0.05, 0) is 42.5 Å². The minimum atomic E-state index is -0.362. The van der Waals surface area contributed by atoms with Gasteiger partial charge < -0.3 is 5.11 Å². The average Bonchev–Trinajstić information content (AvgIpc) is 3.05. The first-order valence-electron chi connectivity index (χ1n) is 6.82. The molecule has 1 heterocycles. The molecule has 0 aliphatic heterocycles. The number of phenols is 1. The minimum absolute atomic E-state index is 0.114. The normalized spacial score (nSPS) is 11.0. The number of hydrogen-bond acceptors (Lipinski definition) is 4. The van der Waals surface area contributed by atoms with Crippen LogP contribution in [0.3, 0.4) is 0 Å². The fourth-order valence-electron chi connectivity index (χ4n) is 1.99. The van der Waals surface area contributed by atoms with Crippen molar-refractivity contribution >= 4 is 23.5 Å². The molecule has 0 fully saturated rings. The van der Waals surface area contributed by atoms with Gasteiger partial charge >= 0.3 is 0 Å². The quantitative estimate of drug-likeness (QED) is 0.588. The number of halogens is 1. The number of rotatable bonds is 4. The first kappa shape index (κ1) is 15.0. The summed E-state index contributed by atoms with van der Waals surface area (Å²) in [6.07, 6.45) is 4.41. The van der Waals surface area contributed by atoms with E-state index in [0.717, 1.165) is 5.69 Å². The summed E-state index contributed by atoms with van der Waals surface area (Å²) in [6, 6.07) is 13.8. The average molecular weight is 326 g/mol. The van der Waals surface area contributed by atoms with Gasteiger partial charge in [0.1, 0.15) is 11.4 Å². The summed E-state index contributed by atoms with van der Waals surface area (Å²) in [6.45, 7) is 0. The zero-order valence-electron chi connectivity index (χ0n) is 11.9. The first-order chi connectivity index (χ1) is 11.1. The van der Waals surface area contributed by atoms with Crippen LogP contribution in [0.2, 0.25) is 5.02 Å². The zero-order chi connectivity index (χ0) is 16.2. The van der Waals surface area contributed by atoms with E-state index in [2.05, 4.69) is 10.2 Å². The molecule has 5 nitrogen and oxygen atoms in total. The maximum Gasteiger partial charge on any atom is 0.189 e. The molecule has 0 saturated heterocycles. The van der Waals surface area contributed by atoms with Gasteiger partial charge in [-0.25, -0.2) is 0 Å². The molecule has 23 heavy (non-hydrogen) atoms. The molecule has 1 aromatic heterocycles. The molecule has 0 unspecified atom stereocenters. The molecule has 0 amide bonds. The van der Waals surface area contributed by atoms with Gasteiger partial charge in [-0.1, -0.05) is 29.8 Å². The summed E-state index contributed by atoms with van der Waals surface area (Å²) in [7, 11) is 0. The highest BCUT2D eigenvalue weighted by Gasteiger charge is 2.09. The molecule has 0 atom stereocenters. The number of allylic oxidation sites excluding steroid dienone is 1. The third kappa shape index (κ3) is 3.46. The van der Waals surface area contributed by atoms with Crippen molar-refractivity contribution in [3.05, 3.63) is 77.1 Å². The monoisotopic (exact) mass is 325 g/mol. The van der Waals surface area contributed by atoms with Gasteiger partial charge in [-0.3, -0.25) is 4.79 Å². The minimum Gasteiger partial charge on any atom is -0.507 e. The number of hydrogen-bond donors (Lipinski definition) is 1. The van der Waals surface area contributed by atoms with E-state index in [1.54, 1.807) is 6.20 Å². The predicted molar refractivity (Wildman–Crippen MR) is 87.8 cm³/mol. The summed E-state index contributed by atoms with van der Waals surface area (Å²) >= 11 is 5.84. The Bertz CT molecular complexity index is 873. The topological polar surface area (TPSA) is 68.0 Å². The van der Waals surface area contributed by atoms with Gasteiger partial charge in [0, 0.05) is 5.02 Å². The highest BCUT2D eigenvalue weighted by Crippen LogP contribution is 2.22. The number of para-hydroxylation sites is 1. The Labute approximate surface area is 137 Å². The Morgan fingerprint density at radius 1 is 1.17 bits per heavy atom. The number of benzene rings is 2. The first-order valence-corrected chi connectivity index (χ1v) is 7.20. The van der Waals surface area contributed by atoms with Crippen molar-refractivity contribution in [3.8, 4) is 11.4 Å². The molecule has 3 rings (SSSR count). The Morgan fingerprint density at radius 2 is 1.96 bits per heavy atom. The van der Waals surface area contributed by atoms with E-state index in [0.29, 0.717) is 10.7 Å². The number of carbonyl (C=O) groups is 1. The van der Waals surface area contributed by atoms with Crippen molar-refractivity contribution in [1.82, 2.24) is 15.0 Å². The Balaban J connectivity index is 1.79. The third-order valence-electron chi connectivity index (χ3n) is 3.13. The van der Waals surface area contributed by atoms with Crippen molar-refractivity contribution in [2.45, 2.75) is 0 Å². The van der Waals surface area contributed by atoms with Crippen molar-refractivity contribution in [1.29, 1.82) is 0 Å². The number of nitrogens with zero attached hydrogens (tertiary/aromatic N) is 3. The number of phenolic OH excluding ortho intramolecular Hbond substituents is 1. The van der Waals surface area contributed by atoms with E-state index >= 15 is 0 Å². The molecule has 114 valence electrons. The van der Waals surface area contributed by atoms with Gasteiger partial charge in [-0.2, -0.15) is 9.90 Å². The molecule has 0 aliphatic rings. The van der Waals surface area contributed by atoms with Crippen LogP contribution in [0, 0.1) is 0 Å². The lowest BCUT2D eigenvalue weighted by Gasteiger charge is -2.00. The predicted octanol–water partition coefficient (Wildman–Crippen LogP) is 3.52. The molecule has 0 saturated carbocycles. The summed E-state index contributed by atoms with van der Waals surface area (Å²) in [4.78, 5) is 13.6. The molecule has 1 N–H and O–H groups in total. The number of carbonyl (C=O) groups excluding carboxylic acids is 1. The lowest BCUT2D eigenvalue weighted by molar-refractivity contribution is 0.104. The van der Waals surface area contributed by atoms with Gasteiger partial charge in [-0.15, -0.1) is 5.10 Å². The van der Waals surface area contributed by atoms with Crippen LogP contribution in [0.15, 0.2) is 60.8 Å². The van der Waals surface area contributed by atoms with E-state index < -0.39 is 0 Å². The largest absolute Gasteiger partial charge is 0.507 e. The molecule has 6 heteroatoms. The fourth-order valence-corrected chi connectivity index (χ4v) is 2.17. The number of ketones is 1.